The molecule has 1 aromatic rings. The summed E-state index contributed by atoms with van der Waals surface area (Å²) in [5.74, 6) is 0.549. The van der Waals surface area contributed by atoms with Gasteiger partial charge in [-0.05, 0) is 25.7 Å². The van der Waals surface area contributed by atoms with Crippen LogP contribution in [0.4, 0.5) is 5.82 Å². The van der Waals surface area contributed by atoms with Gasteiger partial charge in [0.25, 0.3) is 0 Å². The van der Waals surface area contributed by atoms with E-state index < -0.39 is 5.97 Å². The van der Waals surface area contributed by atoms with Gasteiger partial charge in [-0.2, -0.15) is 0 Å². The Labute approximate surface area is 102 Å². The second-order valence-electron chi connectivity index (χ2n) is 4.70. The van der Waals surface area contributed by atoms with Crippen molar-refractivity contribution in [1.82, 2.24) is 9.55 Å². The summed E-state index contributed by atoms with van der Waals surface area (Å²) in [6.07, 6.45) is 3.73. The topological polar surface area (TPSA) is 70.1 Å². The van der Waals surface area contributed by atoms with Gasteiger partial charge in [0.2, 0.25) is 0 Å². The second-order valence-corrected chi connectivity index (χ2v) is 4.70. The number of methoxy groups -OCH3 is 1. The smallest absolute Gasteiger partial charge is 0.360 e. The van der Waals surface area contributed by atoms with Crippen LogP contribution in [0.25, 0.3) is 0 Å². The van der Waals surface area contributed by atoms with Gasteiger partial charge in [-0.25, -0.2) is 9.78 Å². The van der Waals surface area contributed by atoms with Crippen molar-refractivity contribution in [2.24, 2.45) is 5.92 Å². The SMILES string of the molecule is COC(=O)c1ncn(C(C)CCC(C)C)c1N. The van der Waals surface area contributed by atoms with E-state index in [0.717, 1.165) is 12.8 Å². The number of carbonyl (C=O) groups is 1. The molecule has 1 atom stereocenters. The number of imidazole rings is 1. The fraction of sp³-hybridized carbons (Fsp3) is 0.667. The van der Waals surface area contributed by atoms with Gasteiger partial charge in [0.1, 0.15) is 5.82 Å². The zero-order chi connectivity index (χ0) is 13.0. The molecule has 0 saturated heterocycles. The molecule has 5 nitrogen and oxygen atoms in total. The van der Waals surface area contributed by atoms with Crippen LogP contribution in [-0.4, -0.2) is 22.6 Å². The van der Waals surface area contributed by atoms with E-state index >= 15 is 0 Å². The van der Waals surface area contributed by atoms with E-state index in [2.05, 4.69) is 30.5 Å². The Kier molecular flexibility index (Phi) is 4.54. The van der Waals surface area contributed by atoms with Crippen molar-refractivity contribution < 1.29 is 9.53 Å². The Balaban J connectivity index is 2.78. The van der Waals surface area contributed by atoms with E-state index in [1.165, 1.54) is 7.11 Å². The summed E-state index contributed by atoms with van der Waals surface area (Å²) in [6.45, 7) is 6.44. The van der Waals surface area contributed by atoms with Crippen LogP contribution in [0.1, 0.15) is 50.1 Å². The van der Waals surface area contributed by atoms with Crippen LogP contribution in [0.3, 0.4) is 0 Å². The van der Waals surface area contributed by atoms with Crippen molar-refractivity contribution in [3.8, 4) is 0 Å². The number of esters is 1. The molecule has 2 N–H and O–H groups in total. The highest BCUT2D eigenvalue weighted by atomic mass is 16.5. The molecule has 0 radical (unpaired) electrons. The minimum absolute atomic E-state index is 0.198. The van der Waals surface area contributed by atoms with E-state index in [4.69, 9.17) is 5.73 Å². The molecule has 1 heterocycles. The van der Waals surface area contributed by atoms with Crippen LogP contribution < -0.4 is 5.73 Å². The maximum atomic E-state index is 11.4. The number of carbonyl (C=O) groups excluding carboxylic acids is 1. The minimum atomic E-state index is -0.489. The summed E-state index contributed by atoms with van der Waals surface area (Å²) in [6, 6.07) is 0.239. The average molecular weight is 239 g/mol. The predicted octanol–water partition coefficient (Wildman–Crippen LogP) is 2.25. The molecule has 1 aromatic heterocycles. The molecule has 0 aromatic carbocycles. The van der Waals surface area contributed by atoms with Gasteiger partial charge in [-0.15, -0.1) is 0 Å². The summed E-state index contributed by atoms with van der Waals surface area (Å²) in [5, 5.41) is 0. The van der Waals surface area contributed by atoms with Gasteiger partial charge in [-0.3, -0.25) is 0 Å². The zero-order valence-corrected chi connectivity index (χ0v) is 10.9. The monoisotopic (exact) mass is 239 g/mol. The molecule has 0 bridgehead atoms. The molecule has 17 heavy (non-hydrogen) atoms. The summed E-state index contributed by atoms with van der Waals surface area (Å²) >= 11 is 0. The van der Waals surface area contributed by atoms with Crippen molar-refractivity contribution in [3.05, 3.63) is 12.0 Å². The lowest BCUT2D eigenvalue weighted by atomic mass is 10.0. The van der Waals surface area contributed by atoms with Crippen molar-refractivity contribution in [3.63, 3.8) is 0 Å². The normalized spacial score (nSPS) is 12.8. The molecule has 0 fully saturated rings. The summed E-state index contributed by atoms with van der Waals surface area (Å²) < 4.78 is 6.44. The molecule has 0 aliphatic rings. The Hall–Kier alpha value is -1.52. The number of hydrogen-bond donors (Lipinski definition) is 1. The number of aromatic nitrogens is 2. The third-order valence-electron chi connectivity index (χ3n) is 2.85. The number of hydrogen-bond acceptors (Lipinski definition) is 4. The van der Waals surface area contributed by atoms with Gasteiger partial charge in [0.05, 0.1) is 13.4 Å². The third-order valence-corrected chi connectivity index (χ3v) is 2.85. The fourth-order valence-corrected chi connectivity index (χ4v) is 1.69. The first-order valence-corrected chi connectivity index (χ1v) is 5.88. The highest BCUT2D eigenvalue weighted by Crippen LogP contribution is 2.22. The Bertz CT molecular complexity index is 385. The number of rotatable bonds is 5. The maximum absolute atomic E-state index is 11.4. The Morgan fingerprint density at radius 1 is 1.47 bits per heavy atom. The lowest BCUT2D eigenvalue weighted by Crippen LogP contribution is -2.11. The molecule has 1 rings (SSSR count). The Morgan fingerprint density at radius 2 is 2.12 bits per heavy atom. The van der Waals surface area contributed by atoms with Crippen LogP contribution in [0.2, 0.25) is 0 Å². The Morgan fingerprint density at radius 3 is 2.65 bits per heavy atom. The van der Waals surface area contributed by atoms with Gasteiger partial charge in [0.15, 0.2) is 5.69 Å². The molecule has 1 unspecified atom stereocenters. The predicted molar refractivity (Wildman–Crippen MR) is 66.8 cm³/mol. The standard InChI is InChI=1S/C12H21N3O2/c1-8(2)5-6-9(3)15-7-14-10(11(15)13)12(16)17-4/h7-9H,5-6,13H2,1-4H3. The summed E-state index contributed by atoms with van der Waals surface area (Å²) in [5.41, 5.74) is 6.08. The maximum Gasteiger partial charge on any atom is 0.360 e. The van der Waals surface area contributed by atoms with Crippen molar-refractivity contribution >= 4 is 11.8 Å². The van der Waals surface area contributed by atoms with E-state index in [1.54, 1.807) is 6.33 Å². The number of anilines is 1. The summed E-state index contributed by atoms with van der Waals surface area (Å²) in [7, 11) is 1.32. The zero-order valence-electron chi connectivity index (χ0n) is 10.9. The van der Waals surface area contributed by atoms with E-state index in [9.17, 15) is 4.79 Å². The van der Waals surface area contributed by atoms with E-state index in [0.29, 0.717) is 11.7 Å². The highest BCUT2D eigenvalue weighted by molar-refractivity contribution is 5.92. The minimum Gasteiger partial charge on any atom is -0.464 e. The van der Waals surface area contributed by atoms with Crippen molar-refractivity contribution in [2.75, 3.05) is 12.8 Å². The lowest BCUT2D eigenvalue weighted by molar-refractivity contribution is 0.0596. The molecular formula is C12H21N3O2. The molecule has 5 heteroatoms. The average Bonchev–Trinajstić information content (AvgIpc) is 2.67. The highest BCUT2D eigenvalue weighted by Gasteiger charge is 2.18. The van der Waals surface area contributed by atoms with Crippen LogP contribution in [-0.2, 0) is 4.74 Å². The largest absolute Gasteiger partial charge is 0.464 e. The first-order chi connectivity index (χ1) is 7.97. The molecule has 0 saturated carbocycles. The number of ether oxygens (including phenoxy) is 1. The van der Waals surface area contributed by atoms with E-state index in [-0.39, 0.29) is 11.7 Å². The van der Waals surface area contributed by atoms with Gasteiger partial charge < -0.3 is 15.0 Å². The number of nitrogens with zero attached hydrogens (tertiary/aromatic N) is 2. The quantitative estimate of drug-likeness (QED) is 0.800. The fourth-order valence-electron chi connectivity index (χ4n) is 1.69. The van der Waals surface area contributed by atoms with Gasteiger partial charge >= 0.3 is 5.97 Å². The third kappa shape index (κ3) is 3.22. The molecule has 0 aliphatic heterocycles. The summed E-state index contributed by atoms with van der Waals surface area (Å²) in [4.78, 5) is 15.4. The number of nitrogens with two attached hydrogens (primary N) is 1. The van der Waals surface area contributed by atoms with Crippen LogP contribution >= 0.6 is 0 Å². The van der Waals surface area contributed by atoms with Gasteiger partial charge in [0, 0.05) is 6.04 Å². The molecule has 96 valence electrons. The number of nitrogen functional groups attached to an aromatic ring is 1. The van der Waals surface area contributed by atoms with Crippen LogP contribution in [0.5, 0.6) is 0 Å². The van der Waals surface area contributed by atoms with E-state index in [1.807, 2.05) is 4.57 Å². The first-order valence-electron chi connectivity index (χ1n) is 5.88. The van der Waals surface area contributed by atoms with Crippen LogP contribution in [0.15, 0.2) is 6.33 Å². The van der Waals surface area contributed by atoms with Crippen molar-refractivity contribution in [1.29, 1.82) is 0 Å². The molecule has 0 spiro atoms. The first kappa shape index (κ1) is 13.5. The molecule has 0 aliphatic carbocycles. The van der Waals surface area contributed by atoms with Gasteiger partial charge in [-0.1, -0.05) is 13.8 Å². The van der Waals surface area contributed by atoms with Crippen LogP contribution in [0, 0.1) is 5.92 Å². The lowest BCUT2D eigenvalue weighted by Gasteiger charge is -2.16. The second kappa shape index (κ2) is 5.70. The molecule has 0 amide bonds. The van der Waals surface area contributed by atoms with Crippen molar-refractivity contribution in [2.45, 2.75) is 39.7 Å². The molecular weight excluding hydrogens is 218 g/mol.